The van der Waals surface area contributed by atoms with Gasteiger partial charge in [-0.25, -0.2) is 13.4 Å². The van der Waals surface area contributed by atoms with E-state index in [2.05, 4.69) is 15.3 Å². The number of guanidine groups is 1. The quantitative estimate of drug-likeness (QED) is 0.375. The Labute approximate surface area is 171 Å². The molecule has 0 spiro atoms. The number of thiazole rings is 1. The summed E-state index contributed by atoms with van der Waals surface area (Å²) < 4.78 is 29.2. The number of nitrogens with zero attached hydrogens (tertiary/aromatic N) is 3. The molecule has 144 valence electrons. The Morgan fingerprint density at radius 1 is 1.48 bits per heavy atom. The molecule has 0 aliphatic carbocycles. The lowest BCUT2D eigenvalue weighted by molar-refractivity contribution is 0.0755. The van der Waals surface area contributed by atoms with Crippen molar-refractivity contribution in [3.63, 3.8) is 0 Å². The van der Waals surface area contributed by atoms with Crippen LogP contribution in [0.2, 0.25) is 0 Å². The second-order valence-corrected chi connectivity index (χ2v) is 9.65. The fraction of sp³-hybridized carbons (Fsp3) is 0.733. The molecule has 0 amide bonds. The summed E-state index contributed by atoms with van der Waals surface area (Å²) in [6.45, 7) is 3.88. The molecule has 0 aromatic carbocycles. The first-order valence-electron chi connectivity index (χ1n) is 7.87. The van der Waals surface area contributed by atoms with Crippen LogP contribution in [0.3, 0.4) is 0 Å². The van der Waals surface area contributed by atoms with Crippen LogP contribution in [0.25, 0.3) is 0 Å². The summed E-state index contributed by atoms with van der Waals surface area (Å²) in [5.41, 5.74) is 0.979. The Morgan fingerprint density at radius 3 is 2.60 bits per heavy atom. The van der Waals surface area contributed by atoms with Gasteiger partial charge in [0, 0.05) is 45.5 Å². The molecule has 2 rings (SSSR count). The molecule has 2 heterocycles. The smallest absolute Gasteiger partial charge is 0.193 e. The minimum Gasteiger partial charge on any atom is -0.381 e. The van der Waals surface area contributed by atoms with Crippen LogP contribution in [0.5, 0.6) is 0 Å². The van der Waals surface area contributed by atoms with Crippen molar-refractivity contribution in [3.05, 3.63) is 16.1 Å². The molecule has 0 bridgehead atoms. The van der Waals surface area contributed by atoms with Gasteiger partial charge in [0.05, 0.1) is 22.0 Å². The number of aromatic nitrogens is 1. The van der Waals surface area contributed by atoms with Crippen molar-refractivity contribution < 1.29 is 13.2 Å². The lowest BCUT2D eigenvalue weighted by Crippen LogP contribution is -2.53. The van der Waals surface area contributed by atoms with Crippen molar-refractivity contribution in [2.75, 3.05) is 40.1 Å². The Bertz CT molecular complexity index is 685. The number of aryl methyl sites for hydroxylation is 1. The Morgan fingerprint density at radius 2 is 2.12 bits per heavy atom. The van der Waals surface area contributed by atoms with E-state index in [0.29, 0.717) is 45.1 Å². The molecule has 1 aliphatic rings. The van der Waals surface area contributed by atoms with Gasteiger partial charge in [-0.1, -0.05) is 0 Å². The number of halogens is 1. The molecule has 1 aliphatic heterocycles. The van der Waals surface area contributed by atoms with Gasteiger partial charge < -0.3 is 15.0 Å². The first kappa shape index (κ1) is 22.6. The van der Waals surface area contributed by atoms with E-state index < -0.39 is 14.6 Å². The zero-order chi connectivity index (χ0) is 17.8. The summed E-state index contributed by atoms with van der Waals surface area (Å²) in [7, 11) is 0.415. The van der Waals surface area contributed by atoms with Gasteiger partial charge in [0.25, 0.3) is 0 Å². The van der Waals surface area contributed by atoms with Crippen LogP contribution in [-0.2, 0) is 21.1 Å². The van der Waals surface area contributed by atoms with E-state index in [1.165, 1.54) is 6.26 Å². The van der Waals surface area contributed by atoms with E-state index in [0.717, 1.165) is 10.7 Å². The number of hydrogen-bond acceptors (Lipinski definition) is 6. The molecule has 0 atom stereocenters. The van der Waals surface area contributed by atoms with E-state index in [1.807, 2.05) is 24.3 Å². The number of sulfone groups is 1. The molecule has 25 heavy (non-hydrogen) atoms. The van der Waals surface area contributed by atoms with E-state index in [9.17, 15) is 8.42 Å². The number of aliphatic imine (C=N–C) groups is 1. The minimum absolute atomic E-state index is 0. The summed E-state index contributed by atoms with van der Waals surface area (Å²) in [6.07, 6.45) is 2.32. The van der Waals surface area contributed by atoms with Crippen LogP contribution in [0.1, 0.15) is 23.5 Å². The third-order valence-corrected chi connectivity index (χ3v) is 7.35. The van der Waals surface area contributed by atoms with Crippen molar-refractivity contribution in [1.82, 2.24) is 15.2 Å². The van der Waals surface area contributed by atoms with Gasteiger partial charge in [0.15, 0.2) is 15.8 Å². The summed E-state index contributed by atoms with van der Waals surface area (Å²) >= 11 is 1.61. The van der Waals surface area contributed by atoms with Gasteiger partial charge in [-0.05, 0) is 19.8 Å². The molecule has 0 radical (unpaired) electrons. The molecule has 1 aromatic heterocycles. The molecule has 0 saturated carbocycles. The van der Waals surface area contributed by atoms with Crippen LogP contribution < -0.4 is 5.32 Å². The van der Waals surface area contributed by atoms with Crippen LogP contribution in [-0.4, -0.2) is 69.1 Å². The maximum absolute atomic E-state index is 12.3. The lowest BCUT2D eigenvalue weighted by atomic mass is 9.99. The monoisotopic (exact) mass is 502 g/mol. The van der Waals surface area contributed by atoms with Crippen molar-refractivity contribution in [2.45, 2.75) is 31.1 Å². The van der Waals surface area contributed by atoms with Crippen LogP contribution in [0, 0.1) is 6.92 Å². The van der Waals surface area contributed by atoms with Gasteiger partial charge >= 0.3 is 0 Å². The highest BCUT2D eigenvalue weighted by Gasteiger charge is 2.42. The number of hydrogen-bond donors (Lipinski definition) is 1. The summed E-state index contributed by atoms with van der Waals surface area (Å²) in [5, 5.41) is 6.28. The fourth-order valence-electron chi connectivity index (χ4n) is 2.85. The van der Waals surface area contributed by atoms with E-state index >= 15 is 0 Å². The predicted molar refractivity (Wildman–Crippen MR) is 113 cm³/mol. The van der Waals surface area contributed by atoms with Gasteiger partial charge in [-0.3, -0.25) is 4.99 Å². The van der Waals surface area contributed by atoms with E-state index in [1.54, 1.807) is 18.4 Å². The van der Waals surface area contributed by atoms with Crippen LogP contribution in [0.15, 0.2) is 10.4 Å². The van der Waals surface area contributed by atoms with Crippen molar-refractivity contribution in [1.29, 1.82) is 0 Å². The number of ether oxygens (including phenoxy) is 1. The van der Waals surface area contributed by atoms with Crippen molar-refractivity contribution >= 4 is 51.1 Å². The molecule has 1 saturated heterocycles. The number of nitrogens with one attached hydrogen (secondary N) is 1. The minimum atomic E-state index is -3.20. The average molecular weight is 502 g/mol. The average Bonchev–Trinajstić information content (AvgIpc) is 2.92. The fourth-order valence-corrected chi connectivity index (χ4v) is 4.69. The summed E-state index contributed by atoms with van der Waals surface area (Å²) in [5.74, 6) is 0.662. The Balaban J connectivity index is 0.00000312. The second kappa shape index (κ2) is 9.47. The Kier molecular flexibility index (Phi) is 8.55. The lowest BCUT2D eigenvalue weighted by Gasteiger charge is -2.36. The molecular weight excluding hydrogens is 475 g/mol. The van der Waals surface area contributed by atoms with Gasteiger partial charge in [0.2, 0.25) is 0 Å². The highest BCUT2D eigenvalue weighted by atomic mass is 127. The molecular formula is C15H27IN4O3S2. The van der Waals surface area contributed by atoms with Gasteiger partial charge in [-0.15, -0.1) is 35.3 Å². The van der Waals surface area contributed by atoms with Crippen molar-refractivity contribution in [2.24, 2.45) is 4.99 Å². The van der Waals surface area contributed by atoms with E-state index in [4.69, 9.17) is 4.74 Å². The van der Waals surface area contributed by atoms with Crippen LogP contribution >= 0.6 is 35.3 Å². The third kappa shape index (κ3) is 5.76. The summed E-state index contributed by atoms with van der Waals surface area (Å²) in [4.78, 5) is 10.7. The van der Waals surface area contributed by atoms with Gasteiger partial charge in [-0.2, -0.15) is 0 Å². The molecule has 7 nitrogen and oxygen atoms in total. The number of rotatable bonds is 5. The van der Waals surface area contributed by atoms with E-state index in [-0.39, 0.29) is 24.0 Å². The standard InChI is InChI=1S/C15H26N4O3S2.HI/c1-12-18-13(10-23-12)9-19(3)14(16-2)17-11-15(24(4,20)21)5-7-22-8-6-15;/h10H,5-9,11H2,1-4H3,(H,16,17);1H. The van der Waals surface area contributed by atoms with Crippen LogP contribution in [0.4, 0.5) is 0 Å². The largest absolute Gasteiger partial charge is 0.381 e. The molecule has 1 fully saturated rings. The third-order valence-electron chi connectivity index (χ3n) is 4.40. The maximum Gasteiger partial charge on any atom is 0.193 e. The molecule has 1 aromatic rings. The predicted octanol–water partition coefficient (Wildman–Crippen LogP) is 1.67. The SMILES string of the molecule is CN=C(NCC1(S(C)(=O)=O)CCOCC1)N(C)Cc1csc(C)n1.I. The first-order valence-corrected chi connectivity index (χ1v) is 10.6. The maximum atomic E-state index is 12.3. The molecule has 0 unspecified atom stereocenters. The Hall–Kier alpha value is -0.460. The molecule has 10 heteroatoms. The summed E-state index contributed by atoms with van der Waals surface area (Å²) in [6, 6.07) is 0. The zero-order valence-electron chi connectivity index (χ0n) is 15.1. The normalized spacial score (nSPS) is 17.7. The highest BCUT2D eigenvalue weighted by molar-refractivity contribution is 14.0. The first-order chi connectivity index (χ1) is 11.3. The van der Waals surface area contributed by atoms with Gasteiger partial charge in [0.1, 0.15) is 0 Å². The second-order valence-electron chi connectivity index (χ2n) is 6.18. The zero-order valence-corrected chi connectivity index (χ0v) is 19.1. The van der Waals surface area contributed by atoms with Crippen molar-refractivity contribution in [3.8, 4) is 0 Å². The molecule has 1 N–H and O–H groups in total. The highest BCUT2D eigenvalue weighted by Crippen LogP contribution is 2.28. The topological polar surface area (TPSA) is 83.9 Å².